The van der Waals surface area contributed by atoms with Crippen molar-refractivity contribution >= 4 is 57.0 Å². The Morgan fingerprint density at radius 2 is 1.85 bits per heavy atom. The van der Waals surface area contributed by atoms with E-state index in [1.807, 2.05) is 23.5 Å². The average Bonchev–Trinajstić information content (AvgIpc) is 3.63. The van der Waals surface area contributed by atoms with Crippen LogP contribution >= 0.6 is 0 Å². The fourth-order valence-corrected chi connectivity index (χ4v) is 10.3. The number of carbonyl (C=O) groups excluding carboxylic acids is 2. The number of nitrogens with one attached hydrogen (secondary N) is 2. The molecule has 5 heterocycles. The second-order valence-corrected chi connectivity index (χ2v) is 18.6. The number of aldehydes is 1. The minimum Gasteiger partial charge on any atom is -0.377 e. The Balaban J connectivity index is 0.932. The number of amides is 2. The van der Waals surface area contributed by atoms with Crippen molar-refractivity contribution in [2.75, 3.05) is 63.1 Å². The third kappa shape index (κ3) is 11.3. The lowest BCUT2D eigenvalue weighted by atomic mass is 9.88. The Bertz CT molecular complexity index is 2670. The lowest BCUT2D eigenvalue weighted by Crippen LogP contribution is -2.40. The molecule has 352 valence electrons. The molecule has 7 rings (SSSR count). The molecule has 2 aromatic carbocycles. The highest BCUT2D eigenvalue weighted by molar-refractivity contribution is 7.82. The van der Waals surface area contributed by atoms with Gasteiger partial charge in [-0.1, -0.05) is 13.0 Å². The smallest absolute Gasteiger partial charge is 0.377 e. The number of anilines is 2. The van der Waals surface area contributed by atoms with Gasteiger partial charge in [0.15, 0.2) is 5.82 Å². The highest BCUT2D eigenvalue weighted by Gasteiger charge is 2.31. The van der Waals surface area contributed by atoms with Crippen LogP contribution in [0.4, 0.5) is 29.7 Å². The number of nitriles is 1. The maximum atomic E-state index is 13.9. The van der Waals surface area contributed by atoms with Gasteiger partial charge in [0, 0.05) is 81.9 Å². The van der Waals surface area contributed by atoms with Crippen LogP contribution in [0.15, 0.2) is 58.4 Å². The number of hydrogen-bond acceptors (Lipinski definition) is 11. The molecule has 20 heteroatoms. The molecule has 2 amide bonds. The third-order valence-electron chi connectivity index (χ3n) is 12.4. The number of urea groups is 1. The Morgan fingerprint density at radius 3 is 2.53 bits per heavy atom. The van der Waals surface area contributed by atoms with Crippen LogP contribution in [-0.2, 0) is 47.1 Å². The van der Waals surface area contributed by atoms with E-state index in [0.29, 0.717) is 65.7 Å². The standard InChI is InChI=1S/C46H56F3N11O5S/c1-5-65-28-36-22-35-26-52-44(54-41(35)60(43(36)62)29-46(47,48)49)53-37-13-18-58(19-14-37)66(64)38-9-7-33(25-50)34(23-38)21-30(2)27-57-16-11-31(12-17-57)32-8-10-39-40(24-32)56(4)55-42(39)59(15-6-20-61)45(63)51-3/h7-10,20,22-24,26,30-31,37H,5-6,11-19,21,27-29H2,1-4H3,(H,51,63)(H,52,53,54). The number of nitrogens with zero attached hydrogens (tertiary/aromatic N) is 9. The van der Waals surface area contributed by atoms with Crippen molar-refractivity contribution in [3.63, 3.8) is 0 Å². The number of aryl methyl sites for hydroxylation is 1. The first-order valence-electron chi connectivity index (χ1n) is 22.3. The number of pyridine rings is 1. The topological polar surface area (TPSA) is 184 Å². The van der Waals surface area contributed by atoms with Crippen LogP contribution in [0.2, 0.25) is 0 Å². The maximum absolute atomic E-state index is 13.9. The number of likely N-dealkylation sites (tertiary alicyclic amines) is 1. The van der Waals surface area contributed by atoms with E-state index in [0.717, 1.165) is 55.2 Å². The molecular weight excluding hydrogens is 876 g/mol. The van der Waals surface area contributed by atoms with Gasteiger partial charge in [-0.3, -0.25) is 18.9 Å². The van der Waals surface area contributed by atoms with E-state index in [-0.39, 0.29) is 60.1 Å². The van der Waals surface area contributed by atoms with Crippen LogP contribution in [0.3, 0.4) is 0 Å². The number of fused-ring (bicyclic) bond motifs is 2. The van der Waals surface area contributed by atoms with Gasteiger partial charge in [-0.2, -0.15) is 28.5 Å². The number of carbonyl (C=O) groups is 2. The fourth-order valence-electron chi connectivity index (χ4n) is 9.04. The van der Waals surface area contributed by atoms with Gasteiger partial charge in [-0.05, 0) is 111 Å². The molecule has 2 saturated heterocycles. The summed E-state index contributed by atoms with van der Waals surface area (Å²) >= 11 is 0. The molecular formula is C46H56F3N11O5S. The van der Waals surface area contributed by atoms with Crippen LogP contribution in [0.1, 0.15) is 74.1 Å². The molecule has 2 aliphatic rings. The zero-order valence-corrected chi connectivity index (χ0v) is 38.5. The van der Waals surface area contributed by atoms with Gasteiger partial charge in [0.1, 0.15) is 29.5 Å². The highest BCUT2D eigenvalue weighted by atomic mass is 32.2. The summed E-state index contributed by atoms with van der Waals surface area (Å²) in [6, 6.07) is 15.0. The molecule has 16 nitrogen and oxygen atoms in total. The highest BCUT2D eigenvalue weighted by Crippen LogP contribution is 2.34. The lowest BCUT2D eigenvalue weighted by Gasteiger charge is -2.34. The first kappa shape index (κ1) is 48.2. The number of piperidine rings is 2. The van der Waals surface area contributed by atoms with Crippen molar-refractivity contribution < 1.29 is 31.7 Å². The summed E-state index contributed by atoms with van der Waals surface area (Å²) in [5.41, 5.74) is 2.70. The van der Waals surface area contributed by atoms with Crippen molar-refractivity contribution in [2.45, 2.75) is 88.6 Å². The molecule has 0 saturated carbocycles. The molecule has 0 spiro atoms. The van der Waals surface area contributed by atoms with E-state index in [1.54, 1.807) is 30.8 Å². The van der Waals surface area contributed by atoms with E-state index in [1.165, 1.54) is 22.7 Å². The zero-order chi connectivity index (χ0) is 47.1. The SMILES string of the molecule is CCOCc1cc2cnc(NC3CCN(S(=O)c4ccc(C#N)c(CC(C)CN5CCC(c6ccc7c(N(CCC=O)C(=O)NC)nn(C)c7c6)CC5)c4)CC3)nc2n(CC(F)(F)F)c1=O. The fraction of sp³-hybridized carbons (Fsp3) is 0.500. The molecule has 2 unspecified atom stereocenters. The Hall–Kier alpha value is -5.75. The molecule has 5 aromatic rings. The van der Waals surface area contributed by atoms with Crippen molar-refractivity contribution in [3.05, 3.63) is 81.3 Å². The number of alkyl halides is 3. The first-order chi connectivity index (χ1) is 31.7. The summed E-state index contributed by atoms with van der Waals surface area (Å²) in [5.74, 6) is 1.21. The Morgan fingerprint density at radius 1 is 1.09 bits per heavy atom. The predicted octanol–water partition coefficient (Wildman–Crippen LogP) is 6.04. The number of ether oxygens (including phenoxy) is 1. The van der Waals surface area contributed by atoms with Crippen LogP contribution in [0.5, 0.6) is 0 Å². The van der Waals surface area contributed by atoms with E-state index in [9.17, 15) is 37.0 Å². The number of halogens is 3. The molecule has 3 aromatic heterocycles. The number of benzene rings is 2. The van der Waals surface area contributed by atoms with Crippen LogP contribution < -0.4 is 21.1 Å². The number of rotatable bonds is 17. The molecule has 2 fully saturated rings. The molecule has 2 atom stereocenters. The van der Waals surface area contributed by atoms with Gasteiger partial charge < -0.3 is 25.1 Å². The Kier molecular flexibility index (Phi) is 15.5. The summed E-state index contributed by atoms with van der Waals surface area (Å²) in [4.78, 5) is 50.1. The van der Waals surface area contributed by atoms with Gasteiger partial charge >= 0.3 is 12.2 Å². The van der Waals surface area contributed by atoms with Gasteiger partial charge in [0.2, 0.25) is 5.95 Å². The first-order valence-corrected chi connectivity index (χ1v) is 23.4. The Labute approximate surface area is 383 Å². The van der Waals surface area contributed by atoms with Crippen LogP contribution in [-0.4, -0.2) is 115 Å². The lowest BCUT2D eigenvalue weighted by molar-refractivity contribution is -0.140. The summed E-state index contributed by atoms with van der Waals surface area (Å²) < 4.78 is 64.2. The number of aromatic nitrogens is 5. The monoisotopic (exact) mass is 931 g/mol. The average molecular weight is 932 g/mol. The molecule has 0 radical (unpaired) electrons. The van der Waals surface area contributed by atoms with Crippen molar-refractivity contribution in [3.8, 4) is 6.07 Å². The van der Waals surface area contributed by atoms with Gasteiger partial charge in [0.25, 0.3) is 5.56 Å². The molecule has 66 heavy (non-hydrogen) atoms. The van der Waals surface area contributed by atoms with Crippen LogP contribution in [0, 0.1) is 17.2 Å². The van der Waals surface area contributed by atoms with Gasteiger partial charge in [-0.15, -0.1) is 0 Å². The van der Waals surface area contributed by atoms with Gasteiger partial charge in [-0.25, -0.2) is 18.3 Å². The second kappa shape index (κ2) is 21.3. The molecule has 0 bridgehead atoms. The molecule has 2 N–H and O–H groups in total. The normalized spacial score (nSPS) is 16.6. The second-order valence-electron chi connectivity index (χ2n) is 17.1. The molecule has 0 aliphatic carbocycles. The zero-order valence-electron chi connectivity index (χ0n) is 37.6. The van der Waals surface area contributed by atoms with E-state index >= 15 is 0 Å². The van der Waals surface area contributed by atoms with Crippen molar-refractivity contribution in [1.29, 1.82) is 5.26 Å². The molecule has 2 aliphatic heterocycles. The van der Waals surface area contributed by atoms with Crippen LogP contribution in [0.25, 0.3) is 21.9 Å². The van der Waals surface area contributed by atoms with E-state index in [2.05, 4.69) is 55.7 Å². The maximum Gasteiger partial charge on any atom is 0.406 e. The largest absolute Gasteiger partial charge is 0.406 e. The summed E-state index contributed by atoms with van der Waals surface area (Å²) in [7, 11) is 1.92. The predicted molar refractivity (Wildman–Crippen MR) is 245 cm³/mol. The van der Waals surface area contributed by atoms with Crippen molar-refractivity contribution in [2.24, 2.45) is 13.0 Å². The minimum absolute atomic E-state index is 0.0892. The summed E-state index contributed by atoms with van der Waals surface area (Å²) in [6.45, 7) is 6.43. The third-order valence-corrected chi connectivity index (χ3v) is 13.9. The minimum atomic E-state index is -4.65. The quantitative estimate of drug-likeness (QED) is 0.104. The summed E-state index contributed by atoms with van der Waals surface area (Å²) in [5, 5.41) is 21.6. The summed E-state index contributed by atoms with van der Waals surface area (Å²) in [6.07, 6.45) is 1.47. The van der Waals surface area contributed by atoms with Gasteiger partial charge in [0.05, 0.1) is 28.7 Å². The van der Waals surface area contributed by atoms with Crippen molar-refractivity contribution in [1.82, 2.24) is 38.8 Å². The number of hydrogen-bond donors (Lipinski definition) is 2. The van der Waals surface area contributed by atoms with E-state index in [4.69, 9.17) is 4.74 Å². The van der Waals surface area contributed by atoms with E-state index < -0.39 is 29.3 Å².